The number of rotatable bonds is 8. The second-order valence-corrected chi connectivity index (χ2v) is 7.48. The Kier molecular flexibility index (Phi) is 8.40. The number of aryl methyl sites for hydroxylation is 1. The number of hydrogen-bond donors (Lipinski definition) is 2. The van der Waals surface area contributed by atoms with Crippen LogP contribution in [0.15, 0.2) is 47.6 Å². The Morgan fingerprint density at radius 1 is 1.03 bits per heavy atom. The first-order valence-electron chi connectivity index (χ1n) is 10.9. The zero-order valence-corrected chi connectivity index (χ0v) is 18.8. The molecule has 3 rings (SSSR count). The molecular formula is C24H28N4O5. The molecule has 1 aliphatic heterocycles. The van der Waals surface area contributed by atoms with E-state index in [0.717, 1.165) is 31.5 Å². The summed E-state index contributed by atoms with van der Waals surface area (Å²) in [5, 5.41) is 6.38. The van der Waals surface area contributed by atoms with Gasteiger partial charge in [0.1, 0.15) is 0 Å². The molecule has 2 N–H and O–H groups in total. The molecule has 1 aliphatic rings. The SMILES string of the molecule is CCOc1cc(/C=N\NC(=O)C(=O)Nc2ccccc2C)ccc1OCC(=O)N1CCCC1. The van der Waals surface area contributed by atoms with Gasteiger partial charge in [-0.1, -0.05) is 18.2 Å². The van der Waals surface area contributed by atoms with Crippen LogP contribution in [0.1, 0.15) is 30.9 Å². The fourth-order valence-corrected chi connectivity index (χ4v) is 3.30. The van der Waals surface area contributed by atoms with E-state index in [1.54, 1.807) is 35.2 Å². The number of amides is 3. The smallest absolute Gasteiger partial charge is 0.329 e. The third kappa shape index (κ3) is 6.80. The number of carbonyl (C=O) groups is 3. The van der Waals surface area contributed by atoms with Crippen molar-refractivity contribution in [3.05, 3.63) is 53.6 Å². The lowest BCUT2D eigenvalue weighted by atomic mass is 10.2. The number of anilines is 1. The number of likely N-dealkylation sites (tertiary alicyclic amines) is 1. The van der Waals surface area contributed by atoms with Crippen molar-refractivity contribution in [2.75, 3.05) is 31.6 Å². The number of hydrogen-bond acceptors (Lipinski definition) is 6. The van der Waals surface area contributed by atoms with Gasteiger partial charge in [-0.25, -0.2) is 5.43 Å². The molecule has 0 atom stereocenters. The normalized spacial score (nSPS) is 13.1. The van der Waals surface area contributed by atoms with Crippen LogP contribution in [-0.4, -0.2) is 55.1 Å². The Hall–Kier alpha value is -3.88. The molecule has 2 aromatic carbocycles. The van der Waals surface area contributed by atoms with E-state index in [1.165, 1.54) is 6.21 Å². The number of hydrazone groups is 1. The number of benzene rings is 2. The molecule has 33 heavy (non-hydrogen) atoms. The van der Waals surface area contributed by atoms with Crippen molar-refractivity contribution in [1.82, 2.24) is 10.3 Å². The topological polar surface area (TPSA) is 109 Å². The molecule has 0 unspecified atom stereocenters. The van der Waals surface area contributed by atoms with E-state index in [2.05, 4.69) is 15.8 Å². The van der Waals surface area contributed by atoms with Gasteiger partial charge in [-0.3, -0.25) is 14.4 Å². The molecule has 0 aliphatic carbocycles. The highest BCUT2D eigenvalue weighted by Gasteiger charge is 2.19. The van der Waals surface area contributed by atoms with Crippen LogP contribution >= 0.6 is 0 Å². The van der Waals surface area contributed by atoms with E-state index in [9.17, 15) is 14.4 Å². The van der Waals surface area contributed by atoms with Gasteiger partial charge in [0.2, 0.25) is 0 Å². The third-order valence-electron chi connectivity index (χ3n) is 5.06. The van der Waals surface area contributed by atoms with Crippen LogP contribution in [0.3, 0.4) is 0 Å². The number of ether oxygens (including phenoxy) is 2. The highest BCUT2D eigenvalue weighted by atomic mass is 16.5. The molecule has 1 heterocycles. The Labute approximate surface area is 192 Å². The van der Waals surface area contributed by atoms with Gasteiger partial charge >= 0.3 is 11.8 Å². The van der Waals surface area contributed by atoms with E-state index in [1.807, 2.05) is 26.0 Å². The Balaban J connectivity index is 1.56. The molecule has 0 spiro atoms. The summed E-state index contributed by atoms with van der Waals surface area (Å²) in [6.07, 6.45) is 3.43. The average Bonchev–Trinajstić information content (AvgIpc) is 3.35. The fourth-order valence-electron chi connectivity index (χ4n) is 3.30. The summed E-state index contributed by atoms with van der Waals surface area (Å²) in [6, 6.07) is 12.2. The first kappa shape index (κ1) is 23.8. The van der Waals surface area contributed by atoms with Gasteiger partial charge in [-0.15, -0.1) is 0 Å². The Bertz CT molecular complexity index is 1030. The molecule has 3 amide bonds. The van der Waals surface area contributed by atoms with Crippen molar-refractivity contribution >= 4 is 29.6 Å². The van der Waals surface area contributed by atoms with Gasteiger partial charge in [0.05, 0.1) is 12.8 Å². The minimum atomic E-state index is -0.889. The Morgan fingerprint density at radius 3 is 2.52 bits per heavy atom. The van der Waals surface area contributed by atoms with Crippen LogP contribution < -0.4 is 20.2 Å². The fraction of sp³-hybridized carbons (Fsp3) is 0.333. The lowest BCUT2D eigenvalue weighted by molar-refractivity contribution is -0.136. The minimum Gasteiger partial charge on any atom is -0.490 e. The molecule has 1 saturated heterocycles. The number of nitrogens with zero attached hydrogens (tertiary/aromatic N) is 2. The van der Waals surface area contributed by atoms with E-state index in [0.29, 0.717) is 29.4 Å². The van der Waals surface area contributed by atoms with Crippen LogP contribution in [0.4, 0.5) is 5.69 Å². The van der Waals surface area contributed by atoms with Gasteiger partial charge in [0.15, 0.2) is 18.1 Å². The summed E-state index contributed by atoms with van der Waals surface area (Å²) >= 11 is 0. The molecule has 174 valence electrons. The zero-order valence-electron chi connectivity index (χ0n) is 18.8. The molecule has 0 radical (unpaired) electrons. The first-order valence-corrected chi connectivity index (χ1v) is 10.9. The Morgan fingerprint density at radius 2 is 1.79 bits per heavy atom. The highest BCUT2D eigenvalue weighted by Crippen LogP contribution is 2.28. The molecule has 9 heteroatoms. The van der Waals surface area contributed by atoms with Crippen molar-refractivity contribution in [1.29, 1.82) is 0 Å². The maximum atomic E-state index is 12.2. The van der Waals surface area contributed by atoms with Crippen molar-refractivity contribution in [2.24, 2.45) is 5.10 Å². The van der Waals surface area contributed by atoms with E-state index < -0.39 is 11.8 Å². The maximum absolute atomic E-state index is 12.2. The third-order valence-corrected chi connectivity index (χ3v) is 5.06. The summed E-state index contributed by atoms with van der Waals surface area (Å²) in [5.41, 5.74) is 4.23. The van der Waals surface area contributed by atoms with Gasteiger partial charge in [0.25, 0.3) is 5.91 Å². The summed E-state index contributed by atoms with van der Waals surface area (Å²) < 4.78 is 11.3. The van der Waals surface area contributed by atoms with Crippen LogP contribution in [0.25, 0.3) is 0 Å². The lowest BCUT2D eigenvalue weighted by Crippen LogP contribution is -2.32. The van der Waals surface area contributed by atoms with E-state index in [4.69, 9.17) is 9.47 Å². The van der Waals surface area contributed by atoms with Gasteiger partial charge in [-0.2, -0.15) is 5.10 Å². The van der Waals surface area contributed by atoms with Gasteiger partial charge in [-0.05, 0) is 62.1 Å². The largest absolute Gasteiger partial charge is 0.490 e. The summed E-state index contributed by atoms with van der Waals surface area (Å²) in [4.78, 5) is 38.1. The van der Waals surface area contributed by atoms with Crippen molar-refractivity contribution in [3.8, 4) is 11.5 Å². The van der Waals surface area contributed by atoms with E-state index in [-0.39, 0.29) is 12.5 Å². The molecule has 2 aromatic rings. The van der Waals surface area contributed by atoms with Crippen molar-refractivity contribution in [3.63, 3.8) is 0 Å². The summed E-state index contributed by atoms with van der Waals surface area (Å²) in [5.74, 6) is -0.849. The maximum Gasteiger partial charge on any atom is 0.329 e. The van der Waals surface area contributed by atoms with Crippen LogP contribution in [0.5, 0.6) is 11.5 Å². The van der Waals surface area contributed by atoms with Gasteiger partial charge < -0.3 is 19.7 Å². The standard InChI is InChI=1S/C24H28N4O5/c1-3-32-21-14-18(10-11-20(21)33-16-22(29)28-12-6-7-13-28)15-25-27-24(31)23(30)26-19-9-5-4-8-17(19)2/h4-5,8-11,14-15H,3,6-7,12-13,16H2,1-2H3,(H,26,30)(H,27,31)/b25-15-. The number of nitrogens with one attached hydrogen (secondary N) is 2. The molecule has 9 nitrogen and oxygen atoms in total. The molecular weight excluding hydrogens is 424 g/mol. The predicted molar refractivity (Wildman–Crippen MR) is 124 cm³/mol. The monoisotopic (exact) mass is 452 g/mol. The zero-order chi connectivity index (χ0) is 23.6. The minimum absolute atomic E-state index is 0.0488. The lowest BCUT2D eigenvalue weighted by Gasteiger charge is -2.17. The number of carbonyl (C=O) groups excluding carboxylic acids is 3. The van der Waals surface area contributed by atoms with Crippen molar-refractivity contribution < 1.29 is 23.9 Å². The van der Waals surface area contributed by atoms with E-state index >= 15 is 0 Å². The molecule has 1 fully saturated rings. The molecule has 0 aromatic heterocycles. The average molecular weight is 453 g/mol. The highest BCUT2D eigenvalue weighted by molar-refractivity contribution is 6.39. The second kappa shape index (κ2) is 11.7. The summed E-state index contributed by atoms with van der Waals surface area (Å²) in [7, 11) is 0. The first-order chi connectivity index (χ1) is 16.0. The van der Waals surface area contributed by atoms with Crippen LogP contribution in [-0.2, 0) is 14.4 Å². The molecule has 0 saturated carbocycles. The predicted octanol–water partition coefficient (Wildman–Crippen LogP) is 2.48. The van der Waals surface area contributed by atoms with Crippen LogP contribution in [0.2, 0.25) is 0 Å². The van der Waals surface area contributed by atoms with Crippen LogP contribution in [0, 0.1) is 6.92 Å². The second-order valence-electron chi connectivity index (χ2n) is 7.48. The molecule has 0 bridgehead atoms. The summed E-state index contributed by atoms with van der Waals surface area (Å²) in [6.45, 7) is 5.56. The van der Waals surface area contributed by atoms with Gasteiger partial charge in [0, 0.05) is 18.8 Å². The van der Waals surface area contributed by atoms with Crippen molar-refractivity contribution in [2.45, 2.75) is 26.7 Å². The number of para-hydroxylation sites is 1. The quantitative estimate of drug-likeness (QED) is 0.363.